The summed E-state index contributed by atoms with van der Waals surface area (Å²) < 4.78 is 47.2. The molecule has 0 radical (unpaired) electrons. The smallest absolute Gasteiger partial charge is 0.244 e. The van der Waals surface area contributed by atoms with E-state index in [0.29, 0.717) is 0 Å². The van der Waals surface area contributed by atoms with E-state index in [9.17, 15) is 23.5 Å². The highest BCUT2D eigenvalue weighted by Gasteiger charge is 2.62. The van der Waals surface area contributed by atoms with Crippen molar-refractivity contribution in [3.8, 4) is 0 Å². The van der Waals surface area contributed by atoms with E-state index in [4.69, 9.17) is 9.47 Å². The van der Waals surface area contributed by atoms with Gasteiger partial charge in [-0.25, -0.2) is 0 Å². The fourth-order valence-corrected chi connectivity index (χ4v) is 2.10. The highest BCUT2D eigenvalue weighted by atomic mass is 19.3. The highest BCUT2D eigenvalue weighted by Crippen LogP contribution is 2.35. The molecule has 1 aliphatic heterocycles. The quantitative estimate of drug-likeness (QED) is 0.646. The van der Waals surface area contributed by atoms with Crippen molar-refractivity contribution >= 4 is 5.91 Å². The van der Waals surface area contributed by atoms with Crippen LogP contribution in [0.2, 0.25) is 0 Å². The average molecular weight is 305 g/mol. The number of aliphatic hydroxyl groups excluding tert-OH is 1. The molecule has 11 heteroatoms. The molecular formula is C9H14F3NO7. The summed E-state index contributed by atoms with van der Waals surface area (Å²) in [5.74, 6) is -0.847. The standard InChI is InChI=1S/C9H14F3NO7/c1-4(14)13-9(20-12)6(19-11)5(3-17-10)18-8(15)7(9)16-2/h5-8,15H,3H2,1-2H3,(H,13,14)/t5?,6-,7-,8+,9-/m1/s1. The number of nitrogens with one attached hydrogen (secondary N) is 1. The lowest BCUT2D eigenvalue weighted by molar-refractivity contribution is -0.421. The number of halogens is 3. The van der Waals surface area contributed by atoms with Gasteiger partial charge in [-0.3, -0.25) is 4.79 Å². The van der Waals surface area contributed by atoms with E-state index >= 15 is 0 Å². The molecule has 0 aromatic carbocycles. The van der Waals surface area contributed by atoms with Crippen molar-refractivity contribution < 1.29 is 47.8 Å². The minimum Gasteiger partial charge on any atom is -0.371 e. The van der Waals surface area contributed by atoms with Crippen LogP contribution in [-0.2, 0) is 29.1 Å². The minimum absolute atomic E-state index is 0.847. The summed E-state index contributed by atoms with van der Waals surface area (Å²) in [6, 6.07) is 0. The van der Waals surface area contributed by atoms with E-state index in [-0.39, 0.29) is 0 Å². The third-order valence-corrected chi connectivity index (χ3v) is 2.83. The zero-order valence-corrected chi connectivity index (χ0v) is 10.5. The van der Waals surface area contributed by atoms with Gasteiger partial charge in [0.25, 0.3) is 0 Å². The lowest BCUT2D eigenvalue weighted by atomic mass is 9.91. The molecule has 8 nitrogen and oxygen atoms in total. The number of aliphatic hydroxyl groups is 1. The Labute approximate surface area is 111 Å². The second-order valence-corrected chi connectivity index (χ2v) is 4.06. The van der Waals surface area contributed by atoms with Crippen LogP contribution >= 0.6 is 0 Å². The highest BCUT2D eigenvalue weighted by molar-refractivity contribution is 5.73. The predicted molar refractivity (Wildman–Crippen MR) is 53.5 cm³/mol. The largest absolute Gasteiger partial charge is 0.371 e. The van der Waals surface area contributed by atoms with E-state index in [1.165, 1.54) is 0 Å². The van der Waals surface area contributed by atoms with Gasteiger partial charge in [-0.05, 0) is 13.6 Å². The van der Waals surface area contributed by atoms with Crippen LogP contribution in [0, 0.1) is 0 Å². The van der Waals surface area contributed by atoms with Crippen LogP contribution in [0.15, 0.2) is 0 Å². The molecule has 2 N–H and O–H groups in total. The van der Waals surface area contributed by atoms with Gasteiger partial charge in [-0.2, -0.15) is 14.8 Å². The Balaban J connectivity index is 3.20. The number of ether oxygens (including phenoxy) is 2. The molecule has 1 aliphatic rings. The third kappa shape index (κ3) is 3.02. The Hall–Kier alpha value is -0.980. The van der Waals surface area contributed by atoms with Crippen LogP contribution in [0.5, 0.6) is 0 Å². The second-order valence-electron chi connectivity index (χ2n) is 4.06. The Bertz CT molecular complexity index is 337. The van der Waals surface area contributed by atoms with Crippen LogP contribution < -0.4 is 5.32 Å². The zero-order valence-electron chi connectivity index (χ0n) is 10.5. The van der Waals surface area contributed by atoms with Gasteiger partial charge < -0.3 is 19.9 Å². The van der Waals surface area contributed by atoms with Crippen LogP contribution in [-0.4, -0.2) is 55.1 Å². The number of amides is 1. The maximum atomic E-state index is 13.0. The van der Waals surface area contributed by atoms with Crippen LogP contribution in [0.25, 0.3) is 0 Å². The Morgan fingerprint density at radius 3 is 2.45 bits per heavy atom. The molecule has 5 atom stereocenters. The van der Waals surface area contributed by atoms with Gasteiger partial charge in [0.1, 0.15) is 12.7 Å². The summed E-state index contributed by atoms with van der Waals surface area (Å²) in [5, 5.41) is 11.6. The molecular weight excluding hydrogens is 291 g/mol. The molecule has 0 saturated carbocycles. The SMILES string of the molecule is CO[C@@H]1[C@@H](O)OC(COF)[C@@H](OF)[C@@]1(NC(C)=O)OF. The van der Waals surface area contributed by atoms with Crippen LogP contribution in [0.3, 0.4) is 0 Å². The molecule has 118 valence electrons. The number of hydrogen-bond donors (Lipinski definition) is 2. The average Bonchev–Trinajstić information content (AvgIpc) is 2.38. The van der Waals surface area contributed by atoms with E-state index in [1.807, 2.05) is 5.32 Å². The van der Waals surface area contributed by atoms with Crippen molar-refractivity contribution in [1.29, 1.82) is 0 Å². The summed E-state index contributed by atoms with van der Waals surface area (Å²) in [6.45, 7) is 0.0675. The van der Waals surface area contributed by atoms with Crippen molar-refractivity contribution in [3.63, 3.8) is 0 Å². The van der Waals surface area contributed by atoms with E-state index < -0.39 is 42.8 Å². The first kappa shape index (κ1) is 17.1. The van der Waals surface area contributed by atoms with Crippen molar-refractivity contribution in [2.24, 2.45) is 0 Å². The van der Waals surface area contributed by atoms with E-state index in [2.05, 4.69) is 14.8 Å². The van der Waals surface area contributed by atoms with Crippen LogP contribution in [0.1, 0.15) is 6.92 Å². The monoisotopic (exact) mass is 305 g/mol. The molecule has 0 aliphatic carbocycles. The zero-order chi connectivity index (χ0) is 15.3. The molecule has 0 aromatic heterocycles. The molecule has 0 aromatic rings. The number of carbonyl (C=O) groups is 1. The van der Waals surface area contributed by atoms with E-state index in [0.717, 1.165) is 14.0 Å². The maximum Gasteiger partial charge on any atom is 0.244 e. The van der Waals surface area contributed by atoms with Gasteiger partial charge in [0.2, 0.25) is 11.6 Å². The molecule has 20 heavy (non-hydrogen) atoms. The fourth-order valence-electron chi connectivity index (χ4n) is 2.10. The summed E-state index contributed by atoms with van der Waals surface area (Å²) in [7, 11) is 1.02. The molecule has 1 rings (SSSR count). The molecule has 1 heterocycles. The minimum atomic E-state index is -2.59. The molecule has 1 amide bonds. The maximum absolute atomic E-state index is 13.0. The molecule has 1 unspecified atom stereocenters. The first-order valence-corrected chi connectivity index (χ1v) is 5.42. The van der Waals surface area contributed by atoms with Gasteiger partial charge in [0.05, 0.1) is 0 Å². The van der Waals surface area contributed by atoms with Crippen molar-refractivity contribution in [1.82, 2.24) is 5.32 Å². The fraction of sp³-hybridized carbons (Fsp3) is 0.889. The number of rotatable bonds is 6. The first-order valence-electron chi connectivity index (χ1n) is 5.42. The van der Waals surface area contributed by atoms with Crippen molar-refractivity contribution in [2.45, 2.75) is 37.3 Å². The summed E-state index contributed by atoms with van der Waals surface area (Å²) in [5.41, 5.74) is -2.59. The molecule has 1 saturated heterocycles. The van der Waals surface area contributed by atoms with Gasteiger partial charge in [-0.1, -0.05) is 0 Å². The topological polar surface area (TPSA) is 95.5 Å². The molecule has 1 fully saturated rings. The molecule has 0 bridgehead atoms. The Morgan fingerprint density at radius 1 is 1.40 bits per heavy atom. The predicted octanol–water partition coefficient (Wildman–Crippen LogP) is -0.377. The van der Waals surface area contributed by atoms with Gasteiger partial charge in [0, 0.05) is 14.0 Å². The van der Waals surface area contributed by atoms with Gasteiger partial charge in [-0.15, -0.1) is 0 Å². The number of methoxy groups -OCH3 is 1. The third-order valence-electron chi connectivity index (χ3n) is 2.83. The summed E-state index contributed by atoms with van der Waals surface area (Å²) in [6.07, 6.45) is -7.17. The van der Waals surface area contributed by atoms with Crippen molar-refractivity contribution in [3.05, 3.63) is 0 Å². The summed E-state index contributed by atoms with van der Waals surface area (Å²) >= 11 is 0. The van der Waals surface area contributed by atoms with Gasteiger partial charge in [0.15, 0.2) is 18.5 Å². The van der Waals surface area contributed by atoms with E-state index in [1.54, 1.807) is 0 Å². The number of hydrogen-bond acceptors (Lipinski definition) is 7. The lowest BCUT2D eigenvalue weighted by Crippen LogP contribution is -2.74. The van der Waals surface area contributed by atoms with Crippen LogP contribution in [0.4, 0.5) is 13.6 Å². The second kappa shape index (κ2) is 7.15. The summed E-state index contributed by atoms with van der Waals surface area (Å²) in [4.78, 5) is 21.5. The Kier molecular flexibility index (Phi) is 6.10. The normalized spacial score (nSPS) is 37.7. The first-order chi connectivity index (χ1) is 9.46. The van der Waals surface area contributed by atoms with Gasteiger partial charge >= 0.3 is 0 Å². The molecule has 0 spiro atoms. The van der Waals surface area contributed by atoms with Crippen molar-refractivity contribution in [2.75, 3.05) is 13.7 Å². The lowest BCUT2D eigenvalue weighted by Gasteiger charge is -2.47. The Morgan fingerprint density at radius 2 is 2.05 bits per heavy atom. The number of carbonyl (C=O) groups excluding carboxylic acids is 1.